The molecular formula is C13H18N6O. The van der Waals surface area contributed by atoms with Crippen molar-refractivity contribution in [2.45, 2.75) is 33.1 Å². The number of hydrazone groups is 1. The number of rotatable bonds is 3. The van der Waals surface area contributed by atoms with Crippen LogP contribution in [0, 0.1) is 6.92 Å². The number of phenols is 1. The molecule has 0 spiro atoms. The van der Waals surface area contributed by atoms with E-state index in [1.54, 1.807) is 0 Å². The number of aromatic amines is 1. The quantitative estimate of drug-likeness (QED) is 0.587. The topological polar surface area (TPSA) is 99.1 Å². The number of aryl methyl sites for hydroxylation is 1. The maximum Gasteiger partial charge on any atom is 0.283 e. The zero-order valence-corrected chi connectivity index (χ0v) is 12.0. The maximum atomic E-state index is 10.1. The lowest BCUT2D eigenvalue weighted by Gasteiger charge is -2.20. The number of nitrogens with one attached hydrogen (secondary N) is 2. The Morgan fingerprint density at radius 3 is 2.70 bits per heavy atom. The van der Waals surface area contributed by atoms with Gasteiger partial charge in [0.1, 0.15) is 5.75 Å². The van der Waals surface area contributed by atoms with Gasteiger partial charge >= 0.3 is 0 Å². The van der Waals surface area contributed by atoms with Crippen molar-refractivity contribution in [3.63, 3.8) is 0 Å². The molecule has 1 aromatic heterocycles. The van der Waals surface area contributed by atoms with Crippen LogP contribution in [0.5, 0.6) is 5.75 Å². The summed E-state index contributed by atoms with van der Waals surface area (Å²) in [5, 5.41) is 27.2. The Balaban J connectivity index is 2.26. The summed E-state index contributed by atoms with van der Waals surface area (Å²) in [5.74, 6) is 0.487. The van der Waals surface area contributed by atoms with Crippen LogP contribution < -0.4 is 5.43 Å². The first kappa shape index (κ1) is 14.0. The molecule has 0 atom stereocenters. The highest BCUT2D eigenvalue weighted by atomic mass is 16.3. The van der Waals surface area contributed by atoms with Gasteiger partial charge in [0, 0.05) is 5.56 Å². The molecule has 2 aromatic rings. The maximum absolute atomic E-state index is 10.1. The first-order valence-electron chi connectivity index (χ1n) is 6.24. The third-order valence-electron chi connectivity index (χ3n) is 2.91. The van der Waals surface area contributed by atoms with Crippen LogP contribution in [0.15, 0.2) is 17.2 Å². The molecule has 1 aromatic carbocycles. The molecule has 0 fully saturated rings. The molecule has 2 rings (SSSR count). The Morgan fingerprint density at radius 2 is 2.10 bits per heavy atom. The van der Waals surface area contributed by atoms with Crippen molar-refractivity contribution in [3.05, 3.63) is 28.8 Å². The molecule has 3 N–H and O–H groups in total. The predicted octanol–water partition coefficient (Wildman–Crippen LogP) is 1.96. The molecule has 0 bridgehead atoms. The summed E-state index contributed by atoms with van der Waals surface area (Å²) in [7, 11) is 0. The zero-order valence-electron chi connectivity index (χ0n) is 12.0. The van der Waals surface area contributed by atoms with Crippen LogP contribution >= 0.6 is 0 Å². The standard InChI is InChI=1S/C13H18N6O/c1-8-5-10(13(2,3)4)6-9(11(8)20)7-14-15-12-16-18-19-17-12/h5-7,20H,1-4H3,(H2,15,16,17,18,19)/b14-7+. The molecule has 0 saturated carbocycles. The zero-order chi connectivity index (χ0) is 14.8. The van der Waals surface area contributed by atoms with Crippen molar-refractivity contribution in [1.29, 1.82) is 0 Å². The van der Waals surface area contributed by atoms with E-state index in [0.717, 1.165) is 11.1 Å². The molecule has 0 aliphatic carbocycles. The summed E-state index contributed by atoms with van der Waals surface area (Å²) in [5.41, 5.74) is 5.22. The van der Waals surface area contributed by atoms with Gasteiger partial charge in [0.2, 0.25) is 0 Å². The minimum Gasteiger partial charge on any atom is -0.507 e. The van der Waals surface area contributed by atoms with Gasteiger partial charge in [-0.25, -0.2) is 5.43 Å². The van der Waals surface area contributed by atoms with Gasteiger partial charge in [-0.2, -0.15) is 10.3 Å². The molecule has 0 saturated heterocycles. The van der Waals surface area contributed by atoms with E-state index in [1.165, 1.54) is 6.21 Å². The van der Waals surface area contributed by atoms with Crippen LogP contribution in [0.1, 0.15) is 37.5 Å². The van der Waals surface area contributed by atoms with Crippen molar-refractivity contribution in [2.24, 2.45) is 5.10 Å². The van der Waals surface area contributed by atoms with Gasteiger partial charge in [-0.05, 0) is 34.7 Å². The lowest BCUT2D eigenvalue weighted by Crippen LogP contribution is -2.12. The van der Waals surface area contributed by atoms with Crippen molar-refractivity contribution in [3.8, 4) is 5.75 Å². The fraction of sp³-hybridized carbons (Fsp3) is 0.385. The minimum atomic E-state index is 0.00213. The number of nitrogens with zero attached hydrogens (tertiary/aromatic N) is 4. The highest BCUT2D eigenvalue weighted by Crippen LogP contribution is 2.29. The van der Waals surface area contributed by atoms with Crippen molar-refractivity contribution in [1.82, 2.24) is 20.6 Å². The lowest BCUT2D eigenvalue weighted by atomic mass is 9.85. The number of hydrogen-bond donors (Lipinski definition) is 3. The minimum absolute atomic E-state index is 0.00213. The number of aromatic hydroxyl groups is 1. The average Bonchev–Trinajstić information content (AvgIpc) is 2.86. The van der Waals surface area contributed by atoms with E-state index >= 15 is 0 Å². The molecule has 20 heavy (non-hydrogen) atoms. The molecule has 1 heterocycles. The van der Waals surface area contributed by atoms with E-state index in [4.69, 9.17) is 0 Å². The molecule has 0 aliphatic heterocycles. The molecule has 0 aliphatic rings. The van der Waals surface area contributed by atoms with Crippen LogP contribution in [-0.2, 0) is 5.41 Å². The largest absolute Gasteiger partial charge is 0.507 e. The lowest BCUT2D eigenvalue weighted by molar-refractivity contribution is 0.469. The van der Waals surface area contributed by atoms with Gasteiger partial charge in [0.15, 0.2) is 0 Å². The molecule has 7 nitrogen and oxygen atoms in total. The third-order valence-corrected chi connectivity index (χ3v) is 2.91. The second-order valence-electron chi connectivity index (χ2n) is 5.59. The summed E-state index contributed by atoms with van der Waals surface area (Å²) in [4.78, 5) is 0. The summed E-state index contributed by atoms with van der Waals surface area (Å²) >= 11 is 0. The Morgan fingerprint density at radius 1 is 1.35 bits per heavy atom. The second-order valence-corrected chi connectivity index (χ2v) is 5.59. The fourth-order valence-electron chi connectivity index (χ4n) is 1.71. The van der Waals surface area contributed by atoms with E-state index in [1.807, 2.05) is 19.1 Å². The smallest absolute Gasteiger partial charge is 0.283 e. The Kier molecular flexibility index (Phi) is 3.69. The predicted molar refractivity (Wildman–Crippen MR) is 76.9 cm³/mol. The SMILES string of the molecule is Cc1cc(C(C)(C)C)cc(/C=N/Nc2nn[nH]n2)c1O. The Bertz CT molecular complexity index is 613. The van der Waals surface area contributed by atoms with Crippen molar-refractivity contribution in [2.75, 3.05) is 5.43 Å². The second kappa shape index (κ2) is 5.28. The van der Waals surface area contributed by atoms with Crippen molar-refractivity contribution < 1.29 is 5.11 Å². The van der Waals surface area contributed by atoms with Crippen LogP contribution in [0.4, 0.5) is 5.95 Å². The Labute approximate surface area is 117 Å². The third kappa shape index (κ3) is 3.11. The summed E-state index contributed by atoms with van der Waals surface area (Å²) < 4.78 is 0. The number of benzene rings is 1. The summed E-state index contributed by atoms with van der Waals surface area (Å²) in [6.45, 7) is 8.24. The van der Waals surface area contributed by atoms with Gasteiger partial charge in [-0.3, -0.25) is 0 Å². The van der Waals surface area contributed by atoms with Gasteiger partial charge in [-0.1, -0.05) is 31.9 Å². The monoisotopic (exact) mass is 274 g/mol. The van der Waals surface area contributed by atoms with E-state index in [0.29, 0.717) is 5.56 Å². The molecule has 0 unspecified atom stereocenters. The molecule has 0 amide bonds. The first-order chi connectivity index (χ1) is 9.38. The van der Waals surface area contributed by atoms with E-state index < -0.39 is 0 Å². The normalized spacial score (nSPS) is 12.0. The van der Waals surface area contributed by atoms with Crippen LogP contribution in [0.25, 0.3) is 0 Å². The molecular weight excluding hydrogens is 256 g/mol. The van der Waals surface area contributed by atoms with Gasteiger partial charge in [-0.15, -0.1) is 5.10 Å². The van der Waals surface area contributed by atoms with Crippen LogP contribution in [-0.4, -0.2) is 31.9 Å². The summed E-state index contributed by atoms with van der Waals surface area (Å²) in [6.07, 6.45) is 1.54. The number of aromatic nitrogens is 4. The number of phenolic OH excluding ortho intramolecular Hbond substituents is 1. The Hall–Kier alpha value is -2.44. The number of tetrazole rings is 1. The molecule has 7 heteroatoms. The average molecular weight is 274 g/mol. The van der Waals surface area contributed by atoms with Crippen LogP contribution in [0.2, 0.25) is 0 Å². The number of hydrogen-bond acceptors (Lipinski definition) is 6. The number of anilines is 1. The van der Waals surface area contributed by atoms with Gasteiger partial charge < -0.3 is 5.11 Å². The van der Waals surface area contributed by atoms with E-state index in [-0.39, 0.29) is 17.1 Å². The highest BCUT2D eigenvalue weighted by Gasteiger charge is 2.16. The van der Waals surface area contributed by atoms with Crippen LogP contribution in [0.3, 0.4) is 0 Å². The van der Waals surface area contributed by atoms with Crippen molar-refractivity contribution >= 4 is 12.2 Å². The molecule has 106 valence electrons. The van der Waals surface area contributed by atoms with E-state index in [9.17, 15) is 5.11 Å². The molecule has 0 radical (unpaired) electrons. The van der Waals surface area contributed by atoms with E-state index in [2.05, 4.69) is 51.9 Å². The summed E-state index contributed by atoms with van der Waals surface area (Å²) in [6, 6.07) is 3.91. The van der Waals surface area contributed by atoms with Gasteiger partial charge in [0.05, 0.1) is 6.21 Å². The number of H-pyrrole nitrogens is 1. The fourth-order valence-corrected chi connectivity index (χ4v) is 1.71. The first-order valence-corrected chi connectivity index (χ1v) is 6.24. The van der Waals surface area contributed by atoms with Gasteiger partial charge in [0.25, 0.3) is 5.95 Å². The highest BCUT2D eigenvalue weighted by molar-refractivity contribution is 5.85.